The van der Waals surface area contributed by atoms with Crippen molar-refractivity contribution in [3.63, 3.8) is 0 Å². The predicted molar refractivity (Wildman–Crippen MR) is 82.5 cm³/mol. The minimum Gasteiger partial charge on any atom is -0.495 e. The number of hydrogen-bond acceptors (Lipinski definition) is 4. The lowest BCUT2D eigenvalue weighted by Gasteiger charge is -2.41. The number of nitrogens with two attached hydrogens (primary N) is 1. The quantitative estimate of drug-likeness (QED) is 0.827. The van der Waals surface area contributed by atoms with E-state index < -0.39 is 0 Å². The van der Waals surface area contributed by atoms with E-state index in [2.05, 4.69) is 10.2 Å². The van der Waals surface area contributed by atoms with Crippen molar-refractivity contribution in [1.82, 2.24) is 10.2 Å². The Balaban J connectivity index is 1.53. The summed E-state index contributed by atoms with van der Waals surface area (Å²) in [4.78, 5) is 14.8. The molecule has 1 aromatic rings. The van der Waals surface area contributed by atoms with E-state index >= 15 is 0 Å². The molecule has 114 valence electrons. The molecule has 0 bridgehead atoms. The fourth-order valence-corrected chi connectivity index (χ4v) is 3.23. The van der Waals surface area contributed by atoms with E-state index in [0.29, 0.717) is 29.1 Å². The van der Waals surface area contributed by atoms with Gasteiger partial charge in [-0.1, -0.05) is 0 Å². The van der Waals surface area contributed by atoms with Crippen molar-refractivity contribution in [2.45, 2.75) is 37.8 Å². The number of ether oxygens (including phenoxy) is 1. The van der Waals surface area contributed by atoms with Crippen LogP contribution in [0.5, 0.6) is 5.75 Å². The largest absolute Gasteiger partial charge is 0.495 e. The molecule has 1 aromatic carbocycles. The van der Waals surface area contributed by atoms with E-state index in [1.807, 2.05) is 0 Å². The standard InChI is InChI=1S/C16H23N3O2/c1-21-15-8-11(4-5-14(15)17)16(20)18-12-9-13(10-12)19-6-2-3-7-19/h4-5,8,12-13H,2-3,6-7,9-10,17H2,1H3,(H,18,20). The number of carbonyl (C=O) groups is 1. The fraction of sp³-hybridized carbons (Fsp3) is 0.562. The van der Waals surface area contributed by atoms with Crippen molar-refractivity contribution in [1.29, 1.82) is 0 Å². The first-order valence-corrected chi connectivity index (χ1v) is 7.66. The zero-order valence-corrected chi connectivity index (χ0v) is 12.5. The summed E-state index contributed by atoms with van der Waals surface area (Å²) >= 11 is 0. The van der Waals surface area contributed by atoms with Gasteiger partial charge in [-0.2, -0.15) is 0 Å². The maximum atomic E-state index is 12.2. The number of methoxy groups -OCH3 is 1. The van der Waals surface area contributed by atoms with Crippen LogP contribution in [0.2, 0.25) is 0 Å². The smallest absolute Gasteiger partial charge is 0.251 e. The van der Waals surface area contributed by atoms with Crippen LogP contribution in [0.4, 0.5) is 5.69 Å². The lowest BCUT2D eigenvalue weighted by atomic mass is 9.85. The topological polar surface area (TPSA) is 67.6 Å². The number of anilines is 1. The molecule has 1 aliphatic carbocycles. The van der Waals surface area contributed by atoms with Gasteiger partial charge in [0.05, 0.1) is 12.8 Å². The van der Waals surface area contributed by atoms with Gasteiger partial charge in [-0.3, -0.25) is 4.79 Å². The first kappa shape index (κ1) is 14.2. The molecule has 1 saturated carbocycles. The SMILES string of the molecule is COc1cc(C(=O)NC2CC(N3CCCC3)C2)ccc1N. The minimum absolute atomic E-state index is 0.0434. The Morgan fingerprint density at radius 3 is 2.71 bits per heavy atom. The van der Waals surface area contributed by atoms with E-state index in [4.69, 9.17) is 10.5 Å². The minimum atomic E-state index is -0.0434. The van der Waals surface area contributed by atoms with E-state index in [9.17, 15) is 4.79 Å². The summed E-state index contributed by atoms with van der Waals surface area (Å²) in [6, 6.07) is 6.11. The Bertz CT molecular complexity index is 520. The molecule has 1 heterocycles. The molecule has 0 spiro atoms. The van der Waals surface area contributed by atoms with Crippen LogP contribution in [0.25, 0.3) is 0 Å². The molecule has 0 aromatic heterocycles. The Hall–Kier alpha value is -1.75. The van der Waals surface area contributed by atoms with Crippen LogP contribution in [0.3, 0.4) is 0 Å². The highest BCUT2D eigenvalue weighted by Gasteiger charge is 2.35. The molecule has 3 rings (SSSR count). The summed E-state index contributed by atoms with van der Waals surface area (Å²) in [5, 5.41) is 3.09. The summed E-state index contributed by atoms with van der Waals surface area (Å²) in [6.45, 7) is 2.45. The van der Waals surface area contributed by atoms with Crippen LogP contribution >= 0.6 is 0 Å². The van der Waals surface area contributed by atoms with Crippen molar-refractivity contribution in [2.24, 2.45) is 0 Å². The van der Waals surface area contributed by atoms with Crippen LogP contribution in [0, 0.1) is 0 Å². The first-order valence-electron chi connectivity index (χ1n) is 7.66. The first-order chi connectivity index (χ1) is 10.2. The molecule has 2 fully saturated rings. The monoisotopic (exact) mass is 289 g/mol. The second kappa shape index (κ2) is 5.93. The molecule has 2 aliphatic rings. The summed E-state index contributed by atoms with van der Waals surface area (Å²) < 4.78 is 5.15. The number of amides is 1. The van der Waals surface area contributed by atoms with Crippen LogP contribution in [0.15, 0.2) is 18.2 Å². The summed E-state index contributed by atoms with van der Waals surface area (Å²) in [5.41, 5.74) is 6.91. The molecule has 1 aliphatic heterocycles. The van der Waals surface area contributed by atoms with Crippen LogP contribution < -0.4 is 15.8 Å². The average molecular weight is 289 g/mol. The third kappa shape index (κ3) is 2.97. The van der Waals surface area contributed by atoms with E-state index in [-0.39, 0.29) is 5.91 Å². The molecule has 3 N–H and O–H groups in total. The van der Waals surface area contributed by atoms with E-state index in [1.165, 1.54) is 25.9 Å². The predicted octanol–water partition coefficient (Wildman–Crippen LogP) is 1.63. The number of hydrogen-bond donors (Lipinski definition) is 2. The lowest BCUT2D eigenvalue weighted by molar-refractivity contribution is 0.0819. The van der Waals surface area contributed by atoms with Crippen molar-refractivity contribution < 1.29 is 9.53 Å². The number of carbonyl (C=O) groups excluding carboxylic acids is 1. The van der Waals surface area contributed by atoms with Gasteiger partial charge in [0.2, 0.25) is 0 Å². The fourth-order valence-electron chi connectivity index (χ4n) is 3.23. The van der Waals surface area contributed by atoms with Crippen LogP contribution in [0.1, 0.15) is 36.0 Å². The Kier molecular flexibility index (Phi) is 4.01. The average Bonchev–Trinajstić information content (AvgIpc) is 2.96. The lowest BCUT2D eigenvalue weighted by Crippen LogP contribution is -2.53. The number of rotatable bonds is 4. The van der Waals surface area contributed by atoms with Gasteiger partial charge in [-0.25, -0.2) is 0 Å². The number of nitrogens with one attached hydrogen (secondary N) is 1. The van der Waals surface area contributed by atoms with Crippen molar-refractivity contribution in [3.05, 3.63) is 23.8 Å². The third-order valence-corrected chi connectivity index (χ3v) is 4.60. The van der Waals surface area contributed by atoms with Crippen LogP contribution in [-0.4, -0.2) is 43.1 Å². The Labute approximate surface area is 125 Å². The molecular weight excluding hydrogens is 266 g/mol. The van der Waals surface area contributed by atoms with Crippen LogP contribution in [-0.2, 0) is 0 Å². The maximum absolute atomic E-state index is 12.2. The van der Waals surface area contributed by atoms with E-state index in [0.717, 1.165) is 12.8 Å². The van der Waals surface area contributed by atoms with Crippen molar-refractivity contribution >= 4 is 11.6 Å². The van der Waals surface area contributed by atoms with Crippen molar-refractivity contribution in [2.75, 3.05) is 25.9 Å². The molecule has 0 unspecified atom stereocenters. The third-order valence-electron chi connectivity index (χ3n) is 4.60. The molecule has 0 atom stereocenters. The van der Waals surface area contributed by atoms with Gasteiger partial charge in [0.1, 0.15) is 5.75 Å². The number of nitrogens with zero attached hydrogens (tertiary/aromatic N) is 1. The highest BCUT2D eigenvalue weighted by molar-refractivity contribution is 5.95. The Morgan fingerprint density at radius 2 is 2.05 bits per heavy atom. The second-order valence-corrected chi connectivity index (χ2v) is 6.00. The summed E-state index contributed by atoms with van der Waals surface area (Å²) in [6.07, 6.45) is 4.77. The molecule has 5 heteroatoms. The second-order valence-electron chi connectivity index (χ2n) is 6.00. The number of benzene rings is 1. The van der Waals surface area contributed by atoms with Gasteiger partial charge in [-0.05, 0) is 57.0 Å². The molecule has 1 saturated heterocycles. The molecule has 0 radical (unpaired) electrons. The van der Waals surface area contributed by atoms with Gasteiger partial charge >= 0.3 is 0 Å². The zero-order chi connectivity index (χ0) is 14.8. The zero-order valence-electron chi connectivity index (χ0n) is 12.5. The highest BCUT2D eigenvalue weighted by atomic mass is 16.5. The molecule has 5 nitrogen and oxygen atoms in total. The number of likely N-dealkylation sites (tertiary alicyclic amines) is 1. The normalized spacial score (nSPS) is 25.4. The molecule has 21 heavy (non-hydrogen) atoms. The van der Waals surface area contributed by atoms with Crippen molar-refractivity contribution in [3.8, 4) is 5.75 Å². The van der Waals surface area contributed by atoms with E-state index in [1.54, 1.807) is 25.3 Å². The maximum Gasteiger partial charge on any atom is 0.251 e. The van der Waals surface area contributed by atoms with Gasteiger partial charge in [-0.15, -0.1) is 0 Å². The number of nitrogen functional groups attached to an aromatic ring is 1. The van der Waals surface area contributed by atoms with Gasteiger partial charge < -0.3 is 20.7 Å². The summed E-state index contributed by atoms with van der Waals surface area (Å²) in [5.74, 6) is 0.504. The van der Waals surface area contributed by atoms with Gasteiger partial charge in [0, 0.05) is 17.6 Å². The highest BCUT2D eigenvalue weighted by Crippen LogP contribution is 2.29. The molecule has 1 amide bonds. The van der Waals surface area contributed by atoms with Gasteiger partial charge in [0.15, 0.2) is 0 Å². The Morgan fingerprint density at radius 1 is 1.33 bits per heavy atom. The van der Waals surface area contributed by atoms with Gasteiger partial charge in [0.25, 0.3) is 5.91 Å². The summed E-state index contributed by atoms with van der Waals surface area (Å²) in [7, 11) is 1.56. The molecular formula is C16H23N3O2.